The number of ether oxygens (including phenoxy) is 1. The second-order valence-corrected chi connectivity index (χ2v) is 9.85. The van der Waals surface area contributed by atoms with Gasteiger partial charge in [0.2, 0.25) is 15.9 Å². The van der Waals surface area contributed by atoms with Gasteiger partial charge in [0.25, 0.3) is 0 Å². The Bertz CT molecular complexity index is 1060. The van der Waals surface area contributed by atoms with Crippen molar-refractivity contribution in [2.24, 2.45) is 5.92 Å². The summed E-state index contributed by atoms with van der Waals surface area (Å²) in [6.45, 7) is -0.346. The number of amides is 1. The Kier molecular flexibility index (Phi) is 6.80. The van der Waals surface area contributed by atoms with Gasteiger partial charge in [0.15, 0.2) is 11.0 Å². The molecule has 1 amide bonds. The van der Waals surface area contributed by atoms with Crippen LogP contribution in [0.4, 0.5) is 5.69 Å². The topological polar surface area (TPSA) is 135 Å². The van der Waals surface area contributed by atoms with E-state index in [1.165, 1.54) is 20.2 Å². The first-order valence-corrected chi connectivity index (χ1v) is 11.3. The molecule has 2 aromatic rings. The van der Waals surface area contributed by atoms with Crippen molar-refractivity contribution in [3.8, 4) is 0 Å². The molecule has 0 unspecified atom stereocenters. The highest BCUT2D eigenvalue weighted by Crippen LogP contribution is 2.30. The van der Waals surface area contributed by atoms with E-state index in [4.69, 9.17) is 9.37 Å². The van der Waals surface area contributed by atoms with Gasteiger partial charge >= 0.3 is 5.97 Å². The van der Waals surface area contributed by atoms with Gasteiger partial charge in [-0.05, 0) is 48.1 Å². The fourth-order valence-corrected chi connectivity index (χ4v) is 5.01. The number of rotatable bonds is 7. The van der Waals surface area contributed by atoms with Gasteiger partial charge in [-0.3, -0.25) is 9.59 Å². The fraction of sp³-hybridized carbons (Fsp3) is 0.579. The third kappa shape index (κ3) is 4.79. The van der Waals surface area contributed by atoms with Crippen molar-refractivity contribution < 1.29 is 27.4 Å². The lowest BCUT2D eigenvalue weighted by Gasteiger charge is -2.28. The standard InChI is InChI=1S/C19H27N5O6S/c1-23(2)14-9-10-15(18-17(14)21-30-22-18)31(27,28)24(3)11-16(25)20-13-7-5-12(6-8-13)19(26)29-4/h9-10,12-13H,5-8,11H2,1-4H3,(H,20,25). The minimum absolute atomic E-state index is 0.0803. The van der Waals surface area contributed by atoms with Crippen molar-refractivity contribution in [3.05, 3.63) is 12.1 Å². The number of anilines is 1. The van der Waals surface area contributed by atoms with Gasteiger partial charge in [-0.15, -0.1) is 0 Å². The minimum Gasteiger partial charge on any atom is -0.469 e. The van der Waals surface area contributed by atoms with Crippen molar-refractivity contribution in [2.45, 2.75) is 36.6 Å². The summed E-state index contributed by atoms with van der Waals surface area (Å²) < 4.78 is 36.7. The highest BCUT2D eigenvalue weighted by molar-refractivity contribution is 7.89. The number of carbonyl (C=O) groups excluding carboxylic acids is 2. The normalized spacial score (nSPS) is 19.4. The predicted molar refractivity (Wildman–Crippen MR) is 112 cm³/mol. The van der Waals surface area contributed by atoms with E-state index in [1.54, 1.807) is 25.1 Å². The molecule has 1 N–H and O–H groups in total. The molecule has 1 aromatic carbocycles. The molecule has 1 aliphatic carbocycles. The molecule has 0 spiro atoms. The molecular weight excluding hydrogens is 426 g/mol. The van der Waals surface area contributed by atoms with Crippen molar-refractivity contribution in [3.63, 3.8) is 0 Å². The van der Waals surface area contributed by atoms with Gasteiger partial charge < -0.3 is 15.0 Å². The van der Waals surface area contributed by atoms with Gasteiger partial charge in [0, 0.05) is 27.2 Å². The van der Waals surface area contributed by atoms with Crippen LogP contribution in [0.5, 0.6) is 0 Å². The highest BCUT2D eigenvalue weighted by atomic mass is 32.2. The molecule has 1 fully saturated rings. The molecule has 1 aliphatic rings. The average molecular weight is 454 g/mol. The van der Waals surface area contributed by atoms with E-state index in [9.17, 15) is 18.0 Å². The summed E-state index contributed by atoms with van der Waals surface area (Å²) >= 11 is 0. The van der Waals surface area contributed by atoms with Gasteiger partial charge in [0.1, 0.15) is 4.90 Å². The number of nitrogens with zero attached hydrogens (tertiary/aromatic N) is 4. The highest BCUT2D eigenvalue weighted by Gasteiger charge is 2.30. The smallest absolute Gasteiger partial charge is 0.308 e. The molecule has 11 nitrogen and oxygen atoms in total. The van der Waals surface area contributed by atoms with Crippen molar-refractivity contribution in [2.75, 3.05) is 39.7 Å². The Morgan fingerprint density at radius 2 is 1.77 bits per heavy atom. The maximum atomic E-state index is 13.1. The van der Waals surface area contributed by atoms with E-state index >= 15 is 0 Å². The van der Waals surface area contributed by atoms with Crippen LogP contribution < -0.4 is 10.2 Å². The second-order valence-electron chi connectivity index (χ2n) is 7.84. The number of likely N-dealkylation sites (N-methyl/N-ethyl adjacent to an activating group) is 1. The molecule has 170 valence electrons. The third-order valence-electron chi connectivity index (χ3n) is 5.52. The molecule has 3 rings (SSSR count). The summed E-state index contributed by atoms with van der Waals surface area (Å²) in [7, 11) is 2.29. The van der Waals surface area contributed by atoms with E-state index in [2.05, 4.69) is 15.6 Å². The van der Waals surface area contributed by atoms with Crippen LogP contribution in [0.3, 0.4) is 0 Å². The van der Waals surface area contributed by atoms with Gasteiger partial charge in [-0.25, -0.2) is 13.0 Å². The number of hydrogen-bond donors (Lipinski definition) is 1. The molecule has 1 saturated carbocycles. The number of aromatic nitrogens is 2. The lowest BCUT2D eigenvalue weighted by atomic mass is 9.86. The number of methoxy groups -OCH3 is 1. The van der Waals surface area contributed by atoms with Gasteiger partial charge in [-0.2, -0.15) is 4.31 Å². The summed E-state index contributed by atoms with van der Waals surface area (Å²) in [4.78, 5) is 25.8. The van der Waals surface area contributed by atoms with Crippen LogP contribution in [-0.2, 0) is 24.3 Å². The number of hydrogen-bond acceptors (Lipinski definition) is 9. The zero-order chi connectivity index (χ0) is 22.8. The Morgan fingerprint density at radius 1 is 1.13 bits per heavy atom. The second kappa shape index (κ2) is 9.18. The quantitative estimate of drug-likeness (QED) is 0.603. The monoisotopic (exact) mass is 453 g/mol. The minimum atomic E-state index is -4.01. The van der Waals surface area contributed by atoms with Crippen LogP contribution in [0.15, 0.2) is 21.7 Å². The number of carbonyl (C=O) groups is 2. The zero-order valence-corrected chi connectivity index (χ0v) is 18.8. The predicted octanol–water partition coefficient (Wildman–Crippen LogP) is 0.757. The van der Waals surface area contributed by atoms with Crippen LogP contribution in [0.25, 0.3) is 11.0 Å². The van der Waals surface area contributed by atoms with Crippen molar-refractivity contribution in [1.29, 1.82) is 0 Å². The zero-order valence-electron chi connectivity index (χ0n) is 18.0. The Morgan fingerprint density at radius 3 is 2.39 bits per heavy atom. The van der Waals surface area contributed by atoms with E-state index in [1.807, 2.05) is 0 Å². The Balaban J connectivity index is 1.66. The first-order chi connectivity index (χ1) is 14.6. The van der Waals surface area contributed by atoms with E-state index in [0.717, 1.165) is 4.31 Å². The molecule has 1 aromatic heterocycles. The summed E-state index contributed by atoms with van der Waals surface area (Å²) in [6, 6.07) is 2.95. The number of sulfonamides is 1. The van der Waals surface area contributed by atoms with Crippen LogP contribution >= 0.6 is 0 Å². The van der Waals surface area contributed by atoms with Gasteiger partial charge in [-0.1, -0.05) is 0 Å². The first kappa shape index (κ1) is 22.9. The van der Waals surface area contributed by atoms with Crippen LogP contribution in [0.1, 0.15) is 25.7 Å². The maximum Gasteiger partial charge on any atom is 0.308 e. The SMILES string of the molecule is COC(=O)C1CCC(NC(=O)CN(C)S(=O)(=O)c2ccc(N(C)C)c3nonc23)CC1. The van der Waals surface area contributed by atoms with Crippen LogP contribution in [-0.4, -0.2) is 75.8 Å². The molecule has 12 heteroatoms. The summed E-state index contributed by atoms with van der Waals surface area (Å²) in [5.41, 5.74) is 1.10. The summed E-state index contributed by atoms with van der Waals surface area (Å²) in [5, 5.41) is 10.4. The van der Waals surface area contributed by atoms with Crippen molar-refractivity contribution >= 4 is 38.6 Å². The molecule has 0 radical (unpaired) electrons. The average Bonchev–Trinajstić information content (AvgIpc) is 3.22. The molecule has 0 atom stereocenters. The number of esters is 1. The first-order valence-electron chi connectivity index (χ1n) is 9.91. The third-order valence-corrected chi connectivity index (χ3v) is 7.36. The Hall–Kier alpha value is -2.73. The lowest BCUT2D eigenvalue weighted by molar-refractivity contribution is -0.146. The molecular formula is C19H27N5O6S. The molecule has 0 bridgehead atoms. The fourth-order valence-electron chi connectivity index (χ4n) is 3.77. The van der Waals surface area contributed by atoms with E-state index < -0.39 is 15.9 Å². The number of fused-ring (bicyclic) bond motifs is 1. The van der Waals surface area contributed by atoms with E-state index in [0.29, 0.717) is 36.9 Å². The largest absolute Gasteiger partial charge is 0.469 e. The Labute approximate surface area is 180 Å². The molecule has 31 heavy (non-hydrogen) atoms. The van der Waals surface area contributed by atoms with Crippen molar-refractivity contribution in [1.82, 2.24) is 19.9 Å². The molecule has 0 aliphatic heterocycles. The summed E-state index contributed by atoms with van der Waals surface area (Å²) in [5.74, 6) is -0.790. The van der Waals surface area contributed by atoms with Crippen LogP contribution in [0.2, 0.25) is 0 Å². The number of nitrogens with one attached hydrogen (secondary N) is 1. The van der Waals surface area contributed by atoms with E-state index in [-0.39, 0.29) is 34.9 Å². The number of benzene rings is 1. The molecule has 0 saturated heterocycles. The molecule has 1 heterocycles. The summed E-state index contributed by atoms with van der Waals surface area (Å²) in [6.07, 6.45) is 2.53. The van der Waals surface area contributed by atoms with Gasteiger partial charge in [0.05, 0.1) is 25.3 Å². The van der Waals surface area contributed by atoms with Crippen LogP contribution in [0, 0.1) is 5.92 Å². The maximum absolute atomic E-state index is 13.1. The lowest BCUT2D eigenvalue weighted by Crippen LogP contribution is -2.44.